The Balaban J connectivity index is 1.85. The van der Waals surface area contributed by atoms with Crippen LogP contribution in [-0.4, -0.2) is 42.4 Å². The van der Waals surface area contributed by atoms with Crippen molar-refractivity contribution < 1.29 is 9.59 Å². The SMILES string of the molecule is Cc1ccc(C)c(NC(=O)CN(C)[C@H](C)C(=O)NC2CCCC2)c1. The highest BCUT2D eigenvalue weighted by Crippen LogP contribution is 2.18. The van der Waals surface area contributed by atoms with Gasteiger partial charge in [-0.2, -0.15) is 0 Å². The molecule has 0 unspecified atom stereocenters. The smallest absolute Gasteiger partial charge is 0.238 e. The van der Waals surface area contributed by atoms with Gasteiger partial charge in [0, 0.05) is 11.7 Å². The minimum atomic E-state index is -0.324. The van der Waals surface area contributed by atoms with Crippen molar-refractivity contribution in [2.45, 2.75) is 58.5 Å². The molecule has 1 aliphatic carbocycles. The molecule has 2 rings (SSSR count). The maximum atomic E-state index is 12.3. The van der Waals surface area contributed by atoms with Crippen LogP contribution in [0, 0.1) is 13.8 Å². The maximum Gasteiger partial charge on any atom is 0.238 e. The van der Waals surface area contributed by atoms with Crippen LogP contribution in [-0.2, 0) is 9.59 Å². The molecule has 1 aromatic carbocycles. The third kappa shape index (κ3) is 5.06. The lowest BCUT2D eigenvalue weighted by Crippen LogP contribution is -2.48. The quantitative estimate of drug-likeness (QED) is 0.842. The summed E-state index contributed by atoms with van der Waals surface area (Å²) in [4.78, 5) is 26.4. The Morgan fingerprint density at radius 3 is 2.58 bits per heavy atom. The lowest BCUT2D eigenvalue weighted by atomic mass is 10.1. The number of rotatable bonds is 6. The van der Waals surface area contributed by atoms with E-state index in [2.05, 4.69) is 10.6 Å². The molecule has 1 atom stereocenters. The monoisotopic (exact) mass is 331 g/mol. The molecular weight excluding hydrogens is 302 g/mol. The highest BCUT2D eigenvalue weighted by molar-refractivity contribution is 5.93. The van der Waals surface area contributed by atoms with E-state index in [0.717, 1.165) is 29.7 Å². The zero-order valence-electron chi connectivity index (χ0n) is 15.2. The molecule has 0 aromatic heterocycles. The van der Waals surface area contributed by atoms with E-state index in [1.165, 1.54) is 12.8 Å². The second kappa shape index (κ2) is 8.29. The van der Waals surface area contributed by atoms with E-state index in [0.29, 0.717) is 6.04 Å². The van der Waals surface area contributed by atoms with Crippen molar-refractivity contribution in [3.05, 3.63) is 29.3 Å². The van der Waals surface area contributed by atoms with Crippen LogP contribution in [0.4, 0.5) is 5.69 Å². The summed E-state index contributed by atoms with van der Waals surface area (Å²) in [6, 6.07) is 5.95. The number of aryl methyl sites for hydroxylation is 2. The maximum absolute atomic E-state index is 12.3. The number of benzene rings is 1. The van der Waals surface area contributed by atoms with Crippen molar-refractivity contribution in [2.75, 3.05) is 18.9 Å². The zero-order chi connectivity index (χ0) is 17.7. The second-order valence-corrected chi connectivity index (χ2v) is 6.95. The summed E-state index contributed by atoms with van der Waals surface area (Å²) in [6.07, 6.45) is 4.51. The zero-order valence-corrected chi connectivity index (χ0v) is 15.2. The summed E-state index contributed by atoms with van der Waals surface area (Å²) in [5, 5.41) is 6.02. The average molecular weight is 331 g/mol. The van der Waals surface area contributed by atoms with Gasteiger partial charge in [-0.1, -0.05) is 25.0 Å². The summed E-state index contributed by atoms with van der Waals surface area (Å²) in [7, 11) is 1.81. The fraction of sp³-hybridized carbons (Fsp3) is 0.579. The molecule has 1 aliphatic rings. The highest BCUT2D eigenvalue weighted by Gasteiger charge is 2.24. The minimum absolute atomic E-state index is 0.00364. The Labute approximate surface area is 144 Å². The fourth-order valence-electron chi connectivity index (χ4n) is 3.02. The lowest BCUT2D eigenvalue weighted by molar-refractivity contribution is -0.127. The lowest BCUT2D eigenvalue weighted by Gasteiger charge is -2.25. The van der Waals surface area contributed by atoms with Crippen LogP contribution in [0.15, 0.2) is 18.2 Å². The van der Waals surface area contributed by atoms with Crippen LogP contribution in [0.3, 0.4) is 0 Å². The molecular formula is C19H29N3O2. The van der Waals surface area contributed by atoms with Gasteiger partial charge in [0.1, 0.15) is 0 Å². The van der Waals surface area contributed by atoms with Gasteiger partial charge < -0.3 is 10.6 Å². The molecule has 5 nitrogen and oxygen atoms in total. The molecule has 5 heteroatoms. The topological polar surface area (TPSA) is 61.4 Å². The number of nitrogens with zero attached hydrogens (tertiary/aromatic N) is 1. The van der Waals surface area contributed by atoms with Crippen LogP contribution in [0.25, 0.3) is 0 Å². The van der Waals surface area contributed by atoms with Crippen molar-refractivity contribution in [3.63, 3.8) is 0 Å². The van der Waals surface area contributed by atoms with Crippen LogP contribution >= 0.6 is 0 Å². The number of likely N-dealkylation sites (N-methyl/N-ethyl adjacent to an activating group) is 1. The molecule has 0 aliphatic heterocycles. The van der Waals surface area contributed by atoms with E-state index in [9.17, 15) is 9.59 Å². The number of amides is 2. The Kier molecular flexibility index (Phi) is 6.37. The Morgan fingerprint density at radius 1 is 1.25 bits per heavy atom. The molecule has 1 fully saturated rings. The number of carbonyl (C=O) groups excluding carboxylic acids is 2. The van der Waals surface area contributed by atoms with Gasteiger partial charge in [0.2, 0.25) is 11.8 Å². The van der Waals surface area contributed by atoms with Crippen LogP contribution in [0.2, 0.25) is 0 Å². The van der Waals surface area contributed by atoms with Gasteiger partial charge >= 0.3 is 0 Å². The van der Waals surface area contributed by atoms with Gasteiger partial charge in [-0.3, -0.25) is 14.5 Å². The molecule has 1 aromatic rings. The number of carbonyl (C=O) groups is 2. The Bertz CT molecular complexity index is 594. The molecule has 2 amide bonds. The Morgan fingerprint density at radius 2 is 1.92 bits per heavy atom. The van der Waals surface area contributed by atoms with E-state index < -0.39 is 0 Å². The molecule has 24 heavy (non-hydrogen) atoms. The van der Waals surface area contributed by atoms with Gasteiger partial charge in [0.15, 0.2) is 0 Å². The Hall–Kier alpha value is -1.88. The van der Waals surface area contributed by atoms with Gasteiger partial charge in [0.25, 0.3) is 0 Å². The highest BCUT2D eigenvalue weighted by atomic mass is 16.2. The molecule has 132 valence electrons. The molecule has 0 saturated heterocycles. The summed E-state index contributed by atoms with van der Waals surface area (Å²) in [5.41, 5.74) is 2.97. The average Bonchev–Trinajstić information content (AvgIpc) is 3.02. The van der Waals surface area contributed by atoms with Crippen LogP contribution in [0.5, 0.6) is 0 Å². The van der Waals surface area contributed by atoms with E-state index in [4.69, 9.17) is 0 Å². The predicted molar refractivity (Wildman–Crippen MR) is 97.0 cm³/mol. The molecule has 0 heterocycles. The first-order valence-electron chi connectivity index (χ1n) is 8.74. The summed E-state index contributed by atoms with van der Waals surface area (Å²) in [5.74, 6) is -0.101. The molecule has 0 spiro atoms. The number of hydrogen-bond acceptors (Lipinski definition) is 3. The van der Waals surface area contributed by atoms with Crippen LogP contribution < -0.4 is 10.6 Å². The fourth-order valence-corrected chi connectivity index (χ4v) is 3.02. The van der Waals surface area contributed by atoms with E-state index in [1.807, 2.05) is 46.0 Å². The summed E-state index contributed by atoms with van der Waals surface area (Å²) in [6.45, 7) is 6.00. The van der Waals surface area contributed by atoms with E-state index >= 15 is 0 Å². The number of nitrogens with one attached hydrogen (secondary N) is 2. The third-order valence-corrected chi connectivity index (χ3v) is 4.80. The summed E-state index contributed by atoms with van der Waals surface area (Å²) < 4.78 is 0. The summed E-state index contributed by atoms with van der Waals surface area (Å²) >= 11 is 0. The van der Waals surface area contributed by atoms with E-state index in [1.54, 1.807) is 4.90 Å². The standard InChI is InChI=1S/C19H29N3O2/c1-13-9-10-14(2)17(11-13)21-18(23)12-22(4)15(3)19(24)20-16-7-5-6-8-16/h9-11,15-16H,5-8,12H2,1-4H3,(H,20,24)(H,21,23)/t15-/m1/s1. The first-order valence-corrected chi connectivity index (χ1v) is 8.74. The third-order valence-electron chi connectivity index (χ3n) is 4.80. The van der Waals surface area contributed by atoms with Gasteiger partial charge in [0.05, 0.1) is 12.6 Å². The van der Waals surface area contributed by atoms with Gasteiger partial charge in [-0.15, -0.1) is 0 Å². The van der Waals surface area contributed by atoms with Crippen molar-refractivity contribution >= 4 is 17.5 Å². The molecule has 1 saturated carbocycles. The van der Waals surface area contributed by atoms with Crippen molar-refractivity contribution in [1.29, 1.82) is 0 Å². The molecule has 2 N–H and O–H groups in total. The first kappa shape index (κ1) is 18.5. The molecule has 0 bridgehead atoms. The van der Waals surface area contributed by atoms with Crippen molar-refractivity contribution in [3.8, 4) is 0 Å². The first-order chi connectivity index (χ1) is 11.4. The predicted octanol–water partition coefficient (Wildman–Crippen LogP) is 2.62. The molecule has 0 radical (unpaired) electrons. The van der Waals surface area contributed by atoms with Gasteiger partial charge in [-0.05, 0) is 57.9 Å². The number of anilines is 1. The van der Waals surface area contributed by atoms with Crippen molar-refractivity contribution in [1.82, 2.24) is 10.2 Å². The van der Waals surface area contributed by atoms with Crippen molar-refractivity contribution in [2.24, 2.45) is 0 Å². The number of hydrogen-bond donors (Lipinski definition) is 2. The van der Waals surface area contributed by atoms with E-state index in [-0.39, 0.29) is 24.4 Å². The largest absolute Gasteiger partial charge is 0.352 e. The second-order valence-electron chi connectivity index (χ2n) is 6.95. The normalized spacial score (nSPS) is 16.2. The minimum Gasteiger partial charge on any atom is -0.352 e. The van der Waals surface area contributed by atoms with Crippen LogP contribution in [0.1, 0.15) is 43.7 Å². The van der Waals surface area contributed by atoms with Gasteiger partial charge in [-0.25, -0.2) is 0 Å².